The average molecular weight is 362 g/mol. The molecule has 24 heavy (non-hydrogen) atoms. The third-order valence-corrected chi connectivity index (χ3v) is 5.79. The smallest absolute Gasteiger partial charge is 0.251 e. The highest BCUT2D eigenvalue weighted by Gasteiger charge is 2.27. The zero-order valence-corrected chi connectivity index (χ0v) is 15.1. The van der Waals surface area contributed by atoms with Crippen molar-refractivity contribution >= 4 is 27.5 Å². The maximum absolute atomic E-state index is 12.1. The van der Waals surface area contributed by atoms with Gasteiger partial charge in [-0.2, -0.15) is 0 Å². The van der Waals surface area contributed by atoms with E-state index in [0.717, 1.165) is 35.0 Å². The molecule has 1 aliphatic rings. The summed E-state index contributed by atoms with van der Waals surface area (Å²) in [4.78, 5) is 19.1. The molecule has 0 aromatic carbocycles. The van der Waals surface area contributed by atoms with Crippen molar-refractivity contribution in [2.75, 3.05) is 0 Å². The summed E-state index contributed by atoms with van der Waals surface area (Å²) >= 11 is 1.74. The van der Waals surface area contributed by atoms with E-state index < -0.39 is 5.91 Å². The van der Waals surface area contributed by atoms with Gasteiger partial charge in [-0.1, -0.05) is 6.92 Å². The Kier molecular flexibility index (Phi) is 4.40. The first kappa shape index (κ1) is 17.0. The number of nitrogens with two attached hydrogens (primary N) is 1. The number of aromatic nitrogens is 1. The summed E-state index contributed by atoms with van der Waals surface area (Å²) < 4.78 is 5.62. The van der Waals surface area contributed by atoms with Crippen LogP contribution in [0.15, 0.2) is 22.8 Å². The Morgan fingerprint density at radius 2 is 2.25 bits per heavy atom. The Morgan fingerprint density at radius 1 is 1.46 bits per heavy atom. The Hall–Kier alpha value is -1.85. The number of rotatable bonds is 2. The van der Waals surface area contributed by atoms with Crippen LogP contribution in [0.2, 0.25) is 0 Å². The SMILES string of the molecule is Cc1nc2sc3c(c2c(-c2ccco2)c1C(N)=O)CCC(C)C3.[Cl-]. The minimum absolute atomic E-state index is 0. The number of fused-ring (bicyclic) bond motifs is 3. The molecule has 126 valence electrons. The molecule has 3 heterocycles. The molecule has 3 aromatic heterocycles. The topological polar surface area (TPSA) is 69.1 Å². The molecule has 1 atom stereocenters. The highest BCUT2D eigenvalue weighted by atomic mass is 35.5. The van der Waals surface area contributed by atoms with Gasteiger partial charge in [0.15, 0.2) is 0 Å². The molecule has 2 N–H and O–H groups in total. The number of pyridine rings is 1. The van der Waals surface area contributed by atoms with Gasteiger partial charge in [-0.3, -0.25) is 4.79 Å². The largest absolute Gasteiger partial charge is 1.00 e. The predicted molar refractivity (Wildman–Crippen MR) is 91.8 cm³/mol. The molecule has 0 radical (unpaired) electrons. The summed E-state index contributed by atoms with van der Waals surface area (Å²) in [5.41, 5.74) is 8.95. The maximum atomic E-state index is 12.1. The molecule has 1 aliphatic carbocycles. The molecule has 0 fully saturated rings. The van der Waals surface area contributed by atoms with E-state index in [1.165, 1.54) is 10.4 Å². The molecule has 1 unspecified atom stereocenters. The predicted octanol–water partition coefficient (Wildman–Crippen LogP) is 1.09. The Bertz CT molecular complexity index is 915. The number of primary amides is 1. The fraction of sp³-hybridized carbons (Fsp3) is 0.333. The molecular weight excluding hydrogens is 344 g/mol. The van der Waals surface area contributed by atoms with Crippen molar-refractivity contribution in [2.24, 2.45) is 11.7 Å². The number of amides is 1. The highest BCUT2D eigenvalue weighted by molar-refractivity contribution is 7.19. The normalized spacial score (nSPS) is 16.7. The van der Waals surface area contributed by atoms with Gasteiger partial charge in [0.1, 0.15) is 10.6 Å². The fourth-order valence-electron chi connectivity index (χ4n) is 3.56. The van der Waals surface area contributed by atoms with Crippen molar-refractivity contribution in [3.8, 4) is 11.3 Å². The molecular formula is C18H18ClN2O2S-. The van der Waals surface area contributed by atoms with Crippen LogP contribution in [0.3, 0.4) is 0 Å². The number of carbonyl (C=O) groups excluding carboxylic acids is 1. The van der Waals surface area contributed by atoms with Crippen LogP contribution in [-0.4, -0.2) is 10.9 Å². The number of furan rings is 1. The zero-order valence-electron chi connectivity index (χ0n) is 13.6. The van der Waals surface area contributed by atoms with Gasteiger partial charge in [-0.05, 0) is 49.8 Å². The number of nitrogens with zero attached hydrogens (tertiary/aromatic N) is 1. The lowest BCUT2D eigenvalue weighted by molar-refractivity contribution is -0.0000136. The monoisotopic (exact) mass is 361 g/mol. The van der Waals surface area contributed by atoms with Crippen LogP contribution in [0.1, 0.15) is 39.8 Å². The van der Waals surface area contributed by atoms with E-state index in [0.29, 0.717) is 22.9 Å². The molecule has 4 rings (SSSR count). The van der Waals surface area contributed by atoms with Crippen molar-refractivity contribution in [2.45, 2.75) is 33.1 Å². The van der Waals surface area contributed by atoms with Crippen molar-refractivity contribution in [3.05, 3.63) is 40.1 Å². The first-order valence-electron chi connectivity index (χ1n) is 7.84. The number of hydrogen-bond acceptors (Lipinski definition) is 4. The molecule has 1 amide bonds. The number of thiophene rings is 1. The van der Waals surface area contributed by atoms with Gasteiger partial charge in [0.25, 0.3) is 5.91 Å². The third kappa shape index (κ3) is 2.52. The average Bonchev–Trinajstić information content (AvgIpc) is 3.11. The van der Waals surface area contributed by atoms with E-state index in [9.17, 15) is 4.79 Å². The summed E-state index contributed by atoms with van der Waals surface area (Å²) in [7, 11) is 0. The lowest BCUT2D eigenvalue weighted by atomic mass is 9.87. The molecule has 0 saturated carbocycles. The van der Waals surface area contributed by atoms with Crippen molar-refractivity contribution < 1.29 is 21.6 Å². The van der Waals surface area contributed by atoms with Gasteiger partial charge in [-0.15, -0.1) is 11.3 Å². The summed E-state index contributed by atoms with van der Waals surface area (Å²) in [5, 5.41) is 1.06. The van der Waals surface area contributed by atoms with E-state index in [4.69, 9.17) is 10.2 Å². The first-order valence-corrected chi connectivity index (χ1v) is 8.66. The summed E-state index contributed by atoms with van der Waals surface area (Å²) in [6, 6.07) is 3.72. The second-order valence-electron chi connectivity index (χ2n) is 6.32. The number of halogens is 1. The van der Waals surface area contributed by atoms with Gasteiger partial charge in [0.2, 0.25) is 0 Å². The van der Waals surface area contributed by atoms with Gasteiger partial charge in [-0.25, -0.2) is 4.98 Å². The van der Waals surface area contributed by atoms with Gasteiger partial charge in [0.05, 0.1) is 17.5 Å². The van der Waals surface area contributed by atoms with Crippen LogP contribution < -0.4 is 18.1 Å². The molecule has 4 nitrogen and oxygen atoms in total. The zero-order chi connectivity index (χ0) is 16.1. The van der Waals surface area contributed by atoms with E-state index >= 15 is 0 Å². The molecule has 0 aliphatic heterocycles. The molecule has 3 aromatic rings. The second-order valence-corrected chi connectivity index (χ2v) is 7.40. The van der Waals surface area contributed by atoms with E-state index in [1.807, 2.05) is 19.1 Å². The first-order chi connectivity index (χ1) is 11.1. The molecule has 0 spiro atoms. The van der Waals surface area contributed by atoms with Crippen LogP contribution in [-0.2, 0) is 12.8 Å². The Balaban J connectivity index is 0.00000169. The highest BCUT2D eigenvalue weighted by Crippen LogP contribution is 2.43. The number of aryl methyl sites for hydroxylation is 2. The molecule has 0 bridgehead atoms. The third-order valence-electron chi connectivity index (χ3n) is 4.64. The van der Waals surface area contributed by atoms with Crippen LogP contribution in [0.5, 0.6) is 0 Å². The van der Waals surface area contributed by atoms with Crippen molar-refractivity contribution in [1.29, 1.82) is 0 Å². The molecule has 0 saturated heterocycles. The van der Waals surface area contributed by atoms with Crippen molar-refractivity contribution in [1.82, 2.24) is 4.98 Å². The van der Waals surface area contributed by atoms with Gasteiger partial charge < -0.3 is 22.6 Å². The number of hydrogen-bond donors (Lipinski definition) is 1. The fourth-order valence-corrected chi connectivity index (χ4v) is 4.99. The standard InChI is InChI=1S/C18H18N2O2S.ClH/c1-9-5-6-11-13(8-9)23-18-15(11)16(12-4-3-7-22-12)14(17(19)21)10(2)20-18;/h3-4,7,9H,5-6,8H2,1-2H3,(H2,19,21);1H/p-1. The van der Waals surface area contributed by atoms with Gasteiger partial charge in [0, 0.05) is 15.8 Å². The van der Waals surface area contributed by atoms with Crippen LogP contribution in [0.4, 0.5) is 0 Å². The Morgan fingerprint density at radius 3 is 2.92 bits per heavy atom. The van der Waals surface area contributed by atoms with Crippen LogP contribution in [0.25, 0.3) is 21.5 Å². The van der Waals surface area contributed by atoms with E-state index in [2.05, 4.69) is 11.9 Å². The quantitative estimate of drug-likeness (QED) is 0.743. The van der Waals surface area contributed by atoms with Crippen LogP contribution in [0, 0.1) is 12.8 Å². The van der Waals surface area contributed by atoms with Gasteiger partial charge >= 0.3 is 0 Å². The Labute approximate surface area is 150 Å². The lowest BCUT2D eigenvalue weighted by Gasteiger charge is -2.18. The number of carbonyl (C=O) groups is 1. The second kappa shape index (κ2) is 6.22. The summed E-state index contributed by atoms with van der Waals surface area (Å²) in [6.07, 6.45) is 4.89. The van der Waals surface area contributed by atoms with E-state index in [-0.39, 0.29) is 12.4 Å². The lowest BCUT2D eigenvalue weighted by Crippen LogP contribution is -3.00. The maximum Gasteiger partial charge on any atom is 0.251 e. The van der Waals surface area contributed by atoms with E-state index in [1.54, 1.807) is 17.6 Å². The van der Waals surface area contributed by atoms with Crippen LogP contribution >= 0.6 is 11.3 Å². The molecule has 6 heteroatoms. The summed E-state index contributed by atoms with van der Waals surface area (Å²) in [5.74, 6) is 0.931. The van der Waals surface area contributed by atoms with Crippen molar-refractivity contribution in [3.63, 3.8) is 0 Å². The summed E-state index contributed by atoms with van der Waals surface area (Å²) in [6.45, 7) is 4.13. The minimum atomic E-state index is -0.451. The minimum Gasteiger partial charge on any atom is -1.00 e.